The summed E-state index contributed by atoms with van der Waals surface area (Å²) in [5.74, 6) is 0.184. The number of carbonyl (C=O) groups excluding carboxylic acids is 1. The minimum absolute atomic E-state index is 0.184. The van der Waals surface area contributed by atoms with Gasteiger partial charge in [-0.25, -0.2) is 0 Å². The highest BCUT2D eigenvalue weighted by Crippen LogP contribution is 2.19. The summed E-state index contributed by atoms with van der Waals surface area (Å²) in [6.45, 7) is 8.48. The first-order valence-corrected chi connectivity index (χ1v) is 8.39. The van der Waals surface area contributed by atoms with E-state index in [1.807, 2.05) is 6.92 Å². The molecule has 0 bridgehead atoms. The minimum Gasteiger partial charge on any atom is -0.354 e. The number of piperidine rings is 2. The van der Waals surface area contributed by atoms with Crippen molar-refractivity contribution in [3.05, 3.63) is 0 Å². The molecule has 0 aromatic rings. The number of amides is 1. The van der Waals surface area contributed by atoms with E-state index in [4.69, 9.17) is 0 Å². The van der Waals surface area contributed by atoms with Gasteiger partial charge in [0.25, 0.3) is 0 Å². The second-order valence-corrected chi connectivity index (χ2v) is 6.71. The summed E-state index contributed by atoms with van der Waals surface area (Å²) >= 11 is 0. The second-order valence-electron chi connectivity index (χ2n) is 6.71. The Bertz CT molecular complexity index is 313. The van der Waals surface area contributed by atoms with Crippen LogP contribution in [0.5, 0.6) is 0 Å². The first kappa shape index (κ1) is 15.8. The number of nitrogens with one attached hydrogen (secondary N) is 2. The van der Waals surface area contributed by atoms with Crippen molar-refractivity contribution in [3.8, 4) is 0 Å². The van der Waals surface area contributed by atoms with Crippen molar-refractivity contribution in [2.45, 2.75) is 70.4 Å². The van der Waals surface area contributed by atoms with Crippen molar-refractivity contribution in [1.82, 2.24) is 15.5 Å². The molecular weight excluding hydrogens is 250 g/mol. The molecule has 4 heteroatoms. The summed E-state index contributed by atoms with van der Waals surface area (Å²) in [5, 5.41) is 6.49. The van der Waals surface area contributed by atoms with E-state index < -0.39 is 0 Å². The quantitative estimate of drug-likeness (QED) is 0.757. The monoisotopic (exact) mass is 281 g/mol. The lowest BCUT2D eigenvalue weighted by Crippen LogP contribution is -2.57. The second kappa shape index (κ2) is 7.41. The fourth-order valence-corrected chi connectivity index (χ4v) is 3.42. The predicted molar refractivity (Wildman–Crippen MR) is 82.8 cm³/mol. The fraction of sp³-hybridized carbons (Fsp3) is 0.938. The van der Waals surface area contributed by atoms with Crippen molar-refractivity contribution in [1.29, 1.82) is 0 Å². The molecule has 0 saturated carbocycles. The summed E-state index contributed by atoms with van der Waals surface area (Å²) in [7, 11) is 0. The number of rotatable bonds is 5. The van der Waals surface area contributed by atoms with Crippen LogP contribution in [-0.2, 0) is 4.79 Å². The first-order valence-electron chi connectivity index (χ1n) is 8.39. The Morgan fingerprint density at radius 3 is 2.90 bits per heavy atom. The Morgan fingerprint density at radius 2 is 2.20 bits per heavy atom. The van der Waals surface area contributed by atoms with Crippen molar-refractivity contribution >= 4 is 5.91 Å². The van der Waals surface area contributed by atoms with Gasteiger partial charge in [0.15, 0.2) is 0 Å². The molecule has 0 radical (unpaired) electrons. The van der Waals surface area contributed by atoms with Crippen molar-refractivity contribution in [2.75, 3.05) is 26.2 Å². The topological polar surface area (TPSA) is 44.4 Å². The number of carbonyl (C=O) groups is 1. The van der Waals surface area contributed by atoms with Crippen LogP contribution in [-0.4, -0.2) is 48.6 Å². The van der Waals surface area contributed by atoms with Crippen molar-refractivity contribution < 1.29 is 4.79 Å². The molecule has 2 aliphatic rings. The first-order chi connectivity index (χ1) is 9.62. The average Bonchev–Trinajstić information content (AvgIpc) is 2.46. The zero-order valence-corrected chi connectivity index (χ0v) is 13.2. The van der Waals surface area contributed by atoms with Crippen LogP contribution in [0, 0.1) is 0 Å². The standard InChI is InChI=1S/C16H31N3O/c1-14-8-3-6-12-19(14)13-7-10-17-15(20)16(2)9-4-5-11-18-16/h14,18H,3-13H2,1-2H3,(H,17,20). The molecule has 0 aromatic heterocycles. The SMILES string of the molecule is CC1CCCCN1CCCNC(=O)C1(C)CCCCN1. The minimum atomic E-state index is -0.337. The van der Waals surface area contributed by atoms with E-state index in [1.54, 1.807) is 0 Å². The van der Waals surface area contributed by atoms with Gasteiger partial charge in [0.2, 0.25) is 5.91 Å². The average molecular weight is 281 g/mol. The molecule has 2 rings (SSSR count). The number of hydrogen-bond donors (Lipinski definition) is 2. The van der Waals surface area contributed by atoms with Gasteiger partial charge in [0.1, 0.15) is 0 Å². The smallest absolute Gasteiger partial charge is 0.240 e. The summed E-state index contributed by atoms with van der Waals surface area (Å²) in [6.07, 6.45) is 8.40. The summed E-state index contributed by atoms with van der Waals surface area (Å²) < 4.78 is 0. The molecular formula is C16H31N3O. The van der Waals surface area contributed by atoms with Gasteiger partial charge in [-0.2, -0.15) is 0 Å². The van der Waals surface area contributed by atoms with Gasteiger partial charge in [0, 0.05) is 19.1 Å². The molecule has 2 unspecified atom stereocenters. The lowest BCUT2D eigenvalue weighted by molar-refractivity contribution is -0.127. The highest BCUT2D eigenvalue weighted by Gasteiger charge is 2.33. The molecule has 2 N–H and O–H groups in total. The Morgan fingerprint density at radius 1 is 1.35 bits per heavy atom. The van der Waals surface area contributed by atoms with Crippen LogP contribution < -0.4 is 10.6 Å². The summed E-state index contributed by atoms with van der Waals surface area (Å²) in [4.78, 5) is 14.8. The van der Waals surface area contributed by atoms with Crippen molar-refractivity contribution in [2.24, 2.45) is 0 Å². The van der Waals surface area contributed by atoms with Crippen LogP contribution in [0.3, 0.4) is 0 Å². The Hall–Kier alpha value is -0.610. The number of nitrogens with zero attached hydrogens (tertiary/aromatic N) is 1. The maximum absolute atomic E-state index is 12.2. The van der Waals surface area contributed by atoms with Crippen LogP contribution in [0.15, 0.2) is 0 Å². The lowest BCUT2D eigenvalue weighted by atomic mass is 9.90. The molecule has 0 aliphatic carbocycles. The van der Waals surface area contributed by atoms with Gasteiger partial charge in [-0.15, -0.1) is 0 Å². The van der Waals surface area contributed by atoms with Crippen molar-refractivity contribution in [3.63, 3.8) is 0 Å². The van der Waals surface area contributed by atoms with Crippen LogP contribution in [0.2, 0.25) is 0 Å². The zero-order valence-electron chi connectivity index (χ0n) is 13.2. The van der Waals surface area contributed by atoms with Gasteiger partial charge in [-0.1, -0.05) is 6.42 Å². The summed E-state index contributed by atoms with van der Waals surface area (Å²) in [5.41, 5.74) is -0.337. The molecule has 2 aliphatic heterocycles. The molecule has 2 atom stereocenters. The van der Waals surface area contributed by atoms with Crippen LogP contribution in [0.4, 0.5) is 0 Å². The van der Waals surface area contributed by atoms with E-state index in [2.05, 4.69) is 22.5 Å². The highest BCUT2D eigenvalue weighted by atomic mass is 16.2. The molecule has 2 fully saturated rings. The summed E-state index contributed by atoms with van der Waals surface area (Å²) in [6, 6.07) is 0.719. The Balaban J connectivity index is 1.63. The van der Waals surface area contributed by atoms with Gasteiger partial charge in [-0.3, -0.25) is 4.79 Å². The maximum atomic E-state index is 12.2. The van der Waals surface area contributed by atoms with E-state index in [0.717, 1.165) is 44.9 Å². The predicted octanol–water partition coefficient (Wildman–Crippen LogP) is 1.90. The third-order valence-corrected chi connectivity index (χ3v) is 4.97. The molecule has 20 heavy (non-hydrogen) atoms. The third kappa shape index (κ3) is 4.19. The largest absolute Gasteiger partial charge is 0.354 e. The maximum Gasteiger partial charge on any atom is 0.240 e. The van der Waals surface area contributed by atoms with Gasteiger partial charge >= 0.3 is 0 Å². The highest BCUT2D eigenvalue weighted by molar-refractivity contribution is 5.85. The van der Waals surface area contributed by atoms with E-state index in [-0.39, 0.29) is 11.4 Å². The molecule has 1 amide bonds. The van der Waals surface area contributed by atoms with Crippen LogP contribution >= 0.6 is 0 Å². The van der Waals surface area contributed by atoms with E-state index in [1.165, 1.54) is 32.2 Å². The number of hydrogen-bond acceptors (Lipinski definition) is 3. The molecule has 116 valence electrons. The molecule has 0 aromatic carbocycles. The zero-order chi connectivity index (χ0) is 14.4. The van der Waals surface area contributed by atoms with Crippen LogP contribution in [0.25, 0.3) is 0 Å². The Kier molecular flexibility index (Phi) is 5.85. The van der Waals surface area contributed by atoms with E-state index >= 15 is 0 Å². The molecule has 2 heterocycles. The van der Waals surface area contributed by atoms with Crippen LogP contribution in [0.1, 0.15) is 58.8 Å². The third-order valence-electron chi connectivity index (χ3n) is 4.97. The molecule has 0 spiro atoms. The van der Waals surface area contributed by atoms with Gasteiger partial charge in [-0.05, 0) is 65.5 Å². The van der Waals surface area contributed by atoms with Gasteiger partial charge < -0.3 is 15.5 Å². The fourth-order valence-electron chi connectivity index (χ4n) is 3.42. The molecule has 4 nitrogen and oxygen atoms in total. The normalized spacial score (nSPS) is 32.0. The lowest BCUT2D eigenvalue weighted by Gasteiger charge is -2.34. The molecule has 2 saturated heterocycles. The number of likely N-dealkylation sites (tertiary alicyclic amines) is 1. The van der Waals surface area contributed by atoms with Gasteiger partial charge in [0.05, 0.1) is 5.54 Å². The van der Waals surface area contributed by atoms with E-state index in [9.17, 15) is 4.79 Å². The Labute approximate surface area is 123 Å². The van der Waals surface area contributed by atoms with E-state index in [0.29, 0.717) is 0 Å².